The second-order valence-electron chi connectivity index (χ2n) is 7.59. The summed E-state index contributed by atoms with van der Waals surface area (Å²) in [7, 11) is 1.83. The van der Waals surface area contributed by atoms with Crippen LogP contribution >= 0.6 is 0 Å². The van der Waals surface area contributed by atoms with E-state index in [-0.39, 0.29) is 23.4 Å². The number of carbonyl (C=O) groups is 1. The fourth-order valence-electron chi connectivity index (χ4n) is 4.34. The lowest BCUT2D eigenvalue weighted by molar-refractivity contribution is -0.286. The molecule has 2 aromatic rings. The molecule has 0 aliphatic carbocycles. The predicted octanol–water partition coefficient (Wildman–Crippen LogP) is 3.10. The average Bonchev–Trinajstić information content (AvgIpc) is 3.32. The second kappa shape index (κ2) is 5.88. The van der Waals surface area contributed by atoms with Crippen LogP contribution in [0.15, 0.2) is 36.5 Å². The first-order chi connectivity index (χ1) is 13.4. The van der Waals surface area contributed by atoms with Crippen LogP contribution in [0, 0.1) is 0 Å². The molecule has 1 aromatic carbocycles. The van der Waals surface area contributed by atoms with Crippen LogP contribution in [-0.4, -0.2) is 41.2 Å². The molecule has 5 rings (SSSR count). The van der Waals surface area contributed by atoms with Gasteiger partial charge in [0.1, 0.15) is 5.54 Å². The Balaban J connectivity index is 1.41. The van der Waals surface area contributed by atoms with Gasteiger partial charge in [-0.15, -0.1) is 8.78 Å². The average molecular weight is 387 g/mol. The molecule has 4 heterocycles. The molecule has 8 heteroatoms. The van der Waals surface area contributed by atoms with E-state index in [4.69, 9.17) is 0 Å². The number of carbonyl (C=O) groups excluding carboxylic acids is 1. The third-order valence-corrected chi connectivity index (χ3v) is 5.81. The highest BCUT2D eigenvalue weighted by molar-refractivity contribution is 5.88. The third-order valence-electron chi connectivity index (χ3n) is 5.81. The zero-order valence-corrected chi connectivity index (χ0v) is 15.2. The minimum atomic E-state index is -3.63. The van der Waals surface area contributed by atoms with Gasteiger partial charge in [0.2, 0.25) is 5.91 Å². The van der Waals surface area contributed by atoms with Crippen molar-refractivity contribution < 1.29 is 23.0 Å². The number of likely N-dealkylation sites (tertiary alicyclic amines) is 1. The van der Waals surface area contributed by atoms with Gasteiger partial charge < -0.3 is 14.4 Å². The number of rotatable bonds is 2. The van der Waals surface area contributed by atoms with E-state index in [9.17, 15) is 13.6 Å². The number of nitrogens with zero attached hydrogens (tertiary/aromatic N) is 2. The van der Waals surface area contributed by atoms with Crippen LogP contribution in [0.25, 0.3) is 11.1 Å². The number of benzene rings is 1. The van der Waals surface area contributed by atoms with E-state index in [1.165, 1.54) is 12.1 Å². The van der Waals surface area contributed by atoms with Gasteiger partial charge in [0, 0.05) is 19.8 Å². The second-order valence-corrected chi connectivity index (χ2v) is 7.59. The Hall–Kier alpha value is -2.74. The molecular formula is C20H19F2N3O3. The smallest absolute Gasteiger partial charge is 0.395 e. The minimum absolute atomic E-state index is 0.0124. The van der Waals surface area contributed by atoms with E-state index in [0.29, 0.717) is 0 Å². The first-order valence-corrected chi connectivity index (χ1v) is 9.25. The number of likely N-dealkylation sites (N-methyl/N-ethyl adjacent to an activating group) is 1. The Bertz CT molecular complexity index is 967. The van der Waals surface area contributed by atoms with Crippen LogP contribution in [-0.2, 0) is 4.79 Å². The molecule has 1 aromatic heterocycles. The standard InChI is InChI=1S/C20H19F2N3O3/c1-25-9-7-19(18(25)26)6-4-14(24-19)15-10-13(5-8-23-15)12-2-3-16-17(11-12)28-20(21,22)27-16/h2-3,5,8,10-11,14,24H,4,6-7,9H2,1H3/t14-,19+/m1/s1. The number of hydrogen-bond acceptors (Lipinski definition) is 5. The Morgan fingerprint density at radius 3 is 2.71 bits per heavy atom. The molecule has 2 saturated heterocycles. The van der Waals surface area contributed by atoms with E-state index in [1.807, 2.05) is 19.2 Å². The number of halogens is 2. The van der Waals surface area contributed by atoms with E-state index in [0.717, 1.165) is 42.6 Å². The largest absolute Gasteiger partial charge is 0.586 e. The molecule has 2 fully saturated rings. The van der Waals surface area contributed by atoms with Gasteiger partial charge in [0.05, 0.1) is 11.7 Å². The Kier molecular flexibility index (Phi) is 3.64. The topological polar surface area (TPSA) is 63.7 Å². The summed E-state index contributed by atoms with van der Waals surface area (Å²) >= 11 is 0. The summed E-state index contributed by atoms with van der Waals surface area (Å²) in [5.41, 5.74) is 1.92. The van der Waals surface area contributed by atoms with E-state index < -0.39 is 11.8 Å². The SMILES string of the molecule is CN1CC[C@@]2(CC[C@H](c3cc(-c4ccc5c(c4)OC(F)(F)O5)ccn3)N2)C1=O. The number of pyridine rings is 1. The molecule has 0 unspecified atom stereocenters. The van der Waals surface area contributed by atoms with Gasteiger partial charge in [0.15, 0.2) is 11.5 Å². The van der Waals surface area contributed by atoms with Crippen LogP contribution in [0.4, 0.5) is 8.78 Å². The summed E-state index contributed by atoms with van der Waals surface area (Å²) < 4.78 is 35.5. The van der Waals surface area contributed by atoms with Crippen LogP contribution in [0.5, 0.6) is 11.5 Å². The monoisotopic (exact) mass is 387 g/mol. The molecule has 2 atom stereocenters. The highest BCUT2D eigenvalue weighted by atomic mass is 19.3. The Labute approximate surface area is 160 Å². The lowest BCUT2D eigenvalue weighted by Gasteiger charge is -2.23. The van der Waals surface area contributed by atoms with Crippen molar-refractivity contribution in [3.05, 3.63) is 42.2 Å². The Morgan fingerprint density at radius 2 is 1.93 bits per heavy atom. The molecule has 6 nitrogen and oxygen atoms in total. The minimum Gasteiger partial charge on any atom is -0.395 e. The molecule has 3 aliphatic heterocycles. The van der Waals surface area contributed by atoms with Gasteiger partial charge in [-0.2, -0.15) is 0 Å². The first-order valence-electron chi connectivity index (χ1n) is 9.25. The molecule has 28 heavy (non-hydrogen) atoms. The number of alkyl halides is 2. The lowest BCUT2D eigenvalue weighted by Crippen LogP contribution is -2.47. The van der Waals surface area contributed by atoms with Gasteiger partial charge in [0.25, 0.3) is 0 Å². The van der Waals surface area contributed by atoms with Gasteiger partial charge in [-0.25, -0.2) is 0 Å². The van der Waals surface area contributed by atoms with Gasteiger partial charge in [-0.1, -0.05) is 6.07 Å². The van der Waals surface area contributed by atoms with E-state index >= 15 is 0 Å². The van der Waals surface area contributed by atoms with Gasteiger partial charge >= 0.3 is 6.29 Å². The number of aromatic nitrogens is 1. The van der Waals surface area contributed by atoms with Gasteiger partial charge in [-0.3, -0.25) is 15.1 Å². The van der Waals surface area contributed by atoms with Crippen LogP contribution < -0.4 is 14.8 Å². The fraction of sp³-hybridized carbons (Fsp3) is 0.400. The maximum atomic E-state index is 13.3. The lowest BCUT2D eigenvalue weighted by atomic mass is 9.96. The van der Waals surface area contributed by atoms with Crippen molar-refractivity contribution in [1.29, 1.82) is 0 Å². The maximum Gasteiger partial charge on any atom is 0.586 e. The first kappa shape index (κ1) is 17.4. The fourth-order valence-corrected chi connectivity index (χ4v) is 4.34. The molecule has 1 N–H and O–H groups in total. The molecular weight excluding hydrogens is 368 g/mol. The van der Waals surface area contributed by atoms with Crippen molar-refractivity contribution in [3.8, 4) is 22.6 Å². The predicted molar refractivity (Wildman–Crippen MR) is 96.0 cm³/mol. The molecule has 146 valence electrons. The normalized spacial score (nSPS) is 27.8. The number of ether oxygens (including phenoxy) is 2. The molecule has 0 saturated carbocycles. The number of amides is 1. The van der Waals surface area contributed by atoms with Crippen molar-refractivity contribution in [2.45, 2.75) is 37.1 Å². The van der Waals surface area contributed by atoms with Crippen molar-refractivity contribution >= 4 is 5.91 Å². The maximum absolute atomic E-state index is 13.3. The highest BCUT2D eigenvalue weighted by Gasteiger charge is 2.50. The zero-order valence-electron chi connectivity index (χ0n) is 15.2. The molecule has 0 bridgehead atoms. The van der Waals surface area contributed by atoms with Crippen molar-refractivity contribution in [1.82, 2.24) is 15.2 Å². The zero-order chi connectivity index (χ0) is 19.5. The van der Waals surface area contributed by atoms with Gasteiger partial charge in [-0.05, 0) is 54.7 Å². The highest BCUT2D eigenvalue weighted by Crippen LogP contribution is 2.43. The summed E-state index contributed by atoms with van der Waals surface area (Å²) in [6, 6.07) is 8.44. The molecule has 1 spiro atoms. The molecule has 0 radical (unpaired) electrons. The Morgan fingerprint density at radius 1 is 1.14 bits per heavy atom. The summed E-state index contributed by atoms with van der Waals surface area (Å²) in [5.74, 6) is 0.174. The number of nitrogens with one attached hydrogen (secondary N) is 1. The van der Waals surface area contributed by atoms with Crippen LogP contribution in [0.2, 0.25) is 0 Å². The molecule has 3 aliphatic rings. The third kappa shape index (κ3) is 2.71. The summed E-state index contributed by atoms with van der Waals surface area (Å²) in [5, 5.41) is 3.50. The summed E-state index contributed by atoms with van der Waals surface area (Å²) in [6.45, 7) is 0.758. The number of fused-ring (bicyclic) bond motifs is 1. The van der Waals surface area contributed by atoms with Crippen LogP contribution in [0.3, 0.4) is 0 Å². The number of hydrogen-bond donors (Lipinski definition) is 1. The molecule has 1 amide bonds. The van der Waals surface area contributed by atoms with E-state index in [2.05, 4.69) is 19.8 Å². The summed E-state index contributed by atoms with van der Waals surface area (Å²) in [4.78, 5) is 18.8. The van der Waals surface area contributed by atoms with Crippen molar-refractivity contribution in [2.75, 3.05) is 13.6 Å². The summed E-state index contributed by atoms with van der Waals surface area (Å²) in [6.07, 6.45) is 0.469. The van der Waals surface area contributed by atoms with E-state index in [1.54, 1.807) is 17.2 Å². The van der Waals surface area contributed by atoms with Crippen molar-refractivity contribution in [3.63, 3.8) is 0 Å². The quantitative estimate of drug-likeness (QED) is 0.858. The van der Waals surface area contributed by atoms with Crippen LogP contribution in [0.1, 0.15) is 31.0 Å². The van der Waals surface area contributed by atoms with Crippen molar-refractivity contribution in [2.24, 2.45) is 0 Å².